The van der Waals surface area contributed by atoms with Gasteiger partial charge in [0.1, 0.15) is 23.1 Å². The molecule has 3 aromatic rings. The summed E-state index contributed by atoms with van der Waals surface area (Å²) < 4.78 is 36.4. The number of nitrogens with one attached hydrogen (secondary N) is 1. The first-order valence-electron chi connectivity index (χ1n) is 8.64. The Morgan fingerprint density at radius 1 is 0.828 bits per heavy atom. The molecule has 0 aliphatic rings. The molecule has 0 fully saturated rings. The lowest BCUT2D eigenvalue weighted by atomic mass is 10.1. The van der Waals surface area contributed by atoms with E-state index in [0.717, 1.165) is 0 Å². The molecule has 148 valence electrons. The van der Waals surface area contributed by atoms with Gasteiger partial charge in [0.15, 0.2) is 0 Å². The quantitative estimate of drug-likeness (QED) is 0.623. The third-order valence-electron chi connectivity index (χ3n) is 4.01. The number of carbonyl (C=O) groups is 2. The Balaban J connectivity index is 1.81. The summed E-state index contributed by atoms with van der Waals surface area (Å²) in [5, 5.41) is 2.70. The van der Waals surface area contributed by atoms with Crippen molar-refractivity contribution in [2.75, 3.05) is 7.11 Å². The molecule has 1 amide bonds. The molecule has 1 N–H and O–H groups in total. The molecule has 0 heterocycles. The molecule has 0 aromatic heterocycles. The SMILES string of the molecule is COC(=O)c1cc(Oc2ccc(F)cc2)cc(C(=O)NCc2ccc(F)cc2)c1. The fraction of sp³-hybridized carbons (Fsp3) is 0.0909. The van der Waals surface area contributed by atoms with Gasteiger partial charge in [-0.3, -0.25) is 4.79 Å². The van der Waals surface area contributed by atoms with Gasteiger partial charge in [0.05, 0.1) is 12.7 Å². The molecule has 0 unspecified atom stereocenters. The van der Waals surface area contributed by atoms with E-state index in [-0.39, 0.29) is 29.2 Å². The molecule has 7 heteroatoms. The predicted octanol–water partition coefficient (Wildman–Crippen LogP) is 4.47. The largest absolute Gasteiger partial charge is 0.465 e. The summed E-state index contributed by atoms with van der Waals surface area (Å²) in [4.78, 5) is 24.5. The van der Waals surface area contributed by atoms with Gasteiger partial charge in [-0.1, -0.05) is 12.1 Å². The summed E-state index contributed by atoms with van der Waals surface area (Å²) in [6.07, 6.45) is 0. The van der Waals surface area contributed by atoms with E-state index in [4.69, 9.17) is 9.47 Å². The van der Waals surface area contributed by atoms with Crippen molar-refractivity contribution in [1.82, 2.24) is 5.32 Å². The normalized spacial score (nSPS) is 10.3. The second-order valence-corrected chi connectivity index (χ2v) is 6.10. The topological polar surface area (TPSA) is 64.6 Å². The Labute approximate surface area is 165 Å². The van der Waals surface area contributed by atoms with Crippen LogP contribution >= 0.6 is 0 Å². The van der Waals surface area contributed by atoms with E-state index in [0.29, 0.717) is 11.3 Å². The van der Waals surface area contributed by atoms with Crippen LogP contribution in [0.3, 0.4) is 0 Å². The van der Waals surface area contributed by atoms with E-state index in [1.807, 2.05) is 0 Å². The Morgan fingerprint density at radius 3 is 2.03 bits per heavy atom. The van der Waals surface area contributed by atoms with Crippen molar-refractivity contribution in [3.8, 4) is 11.5 Å². The molecular weight excluding hydrogens is 380 g/mol. The number of benzene rings is 3. The van der Waals surface area contributed by atoms with Crippen molar-refractivity contribution in [1.29, 1.82) is 0 Å². The second-order valence-electron chi connectivity index (χ2n) is 6.10. The number of hydrogen-bond donors (Lipinski definition) is 1. The average Bonchev–Trinajstić information content (AvgIpc) is 2.74. The number of rotatable bonds is 6. The van der Waals surface area contributed by atoms with Gasteiger partial charge >= 0.3 is 5.97 Å². The molecule has 0 spiro atoms. The molecule has 3 aromatic carbocycles. The van der Waals surface area contributed by atoms with Gasteiger partial charge in [-0.15, -0.1) is 0 Å². The highest BCUT2D eigenvalue weighted by Gasteiger charge is 2.15. The highest BCUT2D eigenvalue weighted by Crippen LogP contribution is 2.25. The zero-order chi connectivity index (χ0) is 20.8. The lowest BCUT2D eigenvalue weighted by Gasteiger charge is -2.11. The van der Waals surface area contributed by atoms with Crippen molar-refractivity contribution >= 4 is 11.9 Å². The van der Waals surface area contributed by atoms with E-state index in [1.165, 1.54) is 61.7 Å². The number of ether oxygens (including phenoxy) is 2. The minimum absolute atomic E-state index is 0.124. The molecule has 0 saturated carbocycles. The summed E-state index contributed by atoms with van der Waals surface area (Å²) in [6, 6.07) is 15.3. The molecule has 0 radical (unpaired) electrons. The van der Waals surface area contributed by atoms with Gasteiger partial charge < -0.3 is 14.8 Å². The first kappa shape index (κ1) is 20.0. The number of amides is 1. The van der Waals surface area contributed by atoms with Crippen molar-refractivity contribution in [2.45, 2.75) is 6.54 Å². The number of methoxy groups -OCH3 is 1. The van der Waals surface area contributed by atoms with Crippen molar-refractivity contribution < 1.29 is 27.8 Å². The first-order valence-corrected chi connectivity index (χ1v) is 8.64. The van der Waals surface area contributed by atoms with Gasteiger partial charge in [0.25, 0.3) is 5.91 Å². The summed E-state index contributed by atoms with van der Waals surface area (Å²) in [6.45, 7) is 0.176. The maximum atomic E-state index is 13.1. The Bertz CT molecular complexity index is 1020. The van der Waals surface area contributed by atoms with Crippen LogP contribution in [-0.4, -0.2) is 19.0 Å². The highest BCUT2D eigenvalue weighted by atomic mass is 19.1. The van der Waals surface area contributed by atoms with Crippen LogP contribution in [0.4, 0.5) is 8.78 Å². The number of hydrogen-bond acceptors (Lipinski definition) is 4. The third-order valence-corrected chi connectivity index (χ3v) is 4.01. The lowest BCUT2D eigenvalue weighted by Crippen LogP contribution is -2.23. The van der Waals surface area contributed by atoms with Crippen LogP contribution in [0.15, 0.2) is 66.7 Å². The summed E-state index contributed by atoms with van der Waals surface area (Å²) in [7, 11) is 1.23. The minimum atomic E-state index is -0.637. The number of halogens is 2. The Kier molecular flexibility index (Phi) is 6.19. The predicted molar refractivity (Wildman–Crippen MR) is 102 cm³/mol. The zero-order valence-corrected chi connectivity index (χ0v) is 15.4. The number of esters is 1. The molecule has 0 aliphatic heterocycles. The minimum Gasteiger partial charge on any atom is -0.465 e. The van der Waals surface area contributed by atoms with Gasteiger partial charge in [0, 0.05) is 12.1 Å². The van der Waals surface area contributed by atoms with Crippen LogP contribution in [0.1, 0.15) is 26.3 Å². The van der Waals surface area contributed by atoms with Gasteiger partial charge in [-0.05, 0) is 60.2 Å². The van der Waals surface area contributed by atoms with Crippen LogP contribution < -0.4 is 10.1 Å². The van der Waals surface area contributed by atoms with Crippen LogP contribution in [0, 0.1) is 11.6 Å². The smallest absolute Gasteiger partial charge is 0.338 e. The van der Waals surface area contributed by atoms with Crippen LogP contribution in [0.2, 0.25) is 0 Å². The monoisotopic (exact) mass is 397 g/mol. The van der Waals surface area contributed by atoms with E-state index < -0.39 is 17.7 Å². The van der Waals surface area contributed by atoms with Gasteiger partial charge in [-0.2, -0.15) is 0 Å². The van der Waals surface area contributed by atoms with E-state index in [1.54, 1.807) is 12.1 Å². The Morgan fingerprint density at radius 2 is 1.41 bits per heavy atom. The molecule has 0 saturated heterocycles. The fourth-order valence-corrected chi connectivity index (χ4v) is 2.55. The fourth-order valence-electron chi connectivity index (χ4n) is 2.55. The average molecular weight is 397 g/mol. The lowest BCUT2D eigenvalue weighted by molar-refractivity contribution is 0.0600. The van der Waals surface area contributed by atoms with E-state index >= 15 is 0 Å². The molecule has 0 atom stereocenters. The van der Waals surface area contributed by atoms with Crippen LogP contribution in [0.5, 0.6) is 11.5 Å². The summed E-state index contributed by atoms with van der Waals surface area (Å²) >= 11 is 0. The molecule has 0 bridgehead atoms. The number of carbonyl (C=O) groups excluding carboxylic acids is 2. The standard InChI is InChI=1S/C22H17F2NO4/c1-28-22(27)16-10-15(21(26)25-13-14-2-4-17(23)5-3-14)11-20(12-16)29-19-8-6-18(24)7-9-19/h2-12H,13H2,1H3,(H,25,26). The molecular formula is C22H17F2NO4. The Hall–Kier alpha value is -3.74. The molecule has 3 rings (SSSR count). The van der Waals surface area contributed by atoms with E-state index in [9.17, 15) is 18.4 Å². The zero-order valence-electron chi connectivity index (χ0n) is 15.4. The molecule has 29 heavy (non-hydrogen) atoms. The van der Waals surface area contributed by atoms with Crippen molar-refractivity contribution in [2.24, 2.45) is 0 Å². The van der Waals surface area contributed by atoms with Gasteiger partial charge in [-0.25, -0.2) is 13.6 Å². The third kappa shape index (κ3) is 5.38. The highest BCUT2D eigenvalue weighted by molar-refractivity contribution is 5.98. The van der Waals surface area contributed by atoms with Crippen molar-refractivity contribution in [3.63, 3.8) is 0 Å². The first-order chi connectivity index (χ1) is 13.9. The van der Waals surface area contributed by atoms with Gasteiger partial charge in [0.2, 0.25) is 0 Å². The van der Waals surface area contributed by atoms with Crippen LogP contribution in [0.25, 0.3) is 0 Å². The molecule has 5 nitrogen and oxygen atoms in total. The maximum Gasteiger partial charge on any atom is 0.338 e. The molecule has 0 aliphatic carbocycles. The van der Waals surface area contributed by atoms with E-state index in [2.05, 4.69) is 5.32 Å². The van der Waals surface area contributed by atoms with Crippen molar-refractivity contribution in [3.05, 3.63) is 95.1 Å². The second kappa shape index (κ2) is 8.97. The summed E-state index contributed by atoms with van der Waals surface area (Å²) in [5.74, 6) is -1.32. The summed E-state index contributed by atoms with van der Waals surface area (Å²) in [5.41, 5.74) is 1.01. The maximum absolute atomic E-state index is 13.1. The van der Waals surface area contributed by atoms with Crippen LogP contribution in [-0.2, 0) is 11.3 Å².